The van der Waals surface area contributed by atoms with Crippen molar-refractivity contribution in [3.63, 3.8) is 0 Å². The molecule has 1 saturated heterocycles. The zero-order chi connectivity index (χ0) is 17.8. The van der Waals surface area contributed by atoms with Crippen LogP contribution >= 0.6 is 0 Å². The number of hydrogen-bond donors (Lipinski definition) is 2. The van der Waals surface area contributed by atoms with Gasteiger partial charge in [-0.1, -0.05) is 19.8 Å². The average Bonchev–Trinajstić information content (AvgIpc) is 2.42. The van der Waals surface area contributed by atoms with Crippen LogP contribution in [-0.2, 0) is 9.53 Å². The van der Waals surface area contributed by atoms with E-state index in [2.05, 4.69) is 17.6 Å². The predicted molar refractivity (Wildman–Crippen MR) is 93.8 cm³/mol. The van der Waals surface area contributed by atoms with Crippen LogP contribution in [0.4, 0.5) is 4.79 Å². The fraction of sp³-hybridized carbons (Fsp3) is 0.889. The van der Waals surface area contributed by atoms with Crippen molar-refractivity contribution < 1.29 is 14.3 Å². The summed E-state index contributed by atoms with van der Waals surface area (Å²) < 4.78 is 5.35. The van der Waals surface area contributed by atoms with Crippen molar-refractivity contribution in [2.45, 2.75) is 70.9 Å². The SMILES string of the molecule is C[C@@H]1CCCC[C@]1(CNC(=O)OC(C)(C)C)NCC(=O)N1CCC1. The third kappa shape index (κ3) is 5.10. The standard InChI is InChI=1S/C18H33N3O3/c1-14-8-5-6-9-18(14,13-19-16(23)24-17(2,3)4)20-12-15(22)21-10-7-11-21/h14,20H,5-13H2,1-4H3,(H,19,23)/t14-,18-/m1/s1. The monoisotopic (exact) mass is 339 g/mol. The number of rotatable bonds is 5. The molecule has 1 aliphatic carbocycles. The summed E-state index contributed by atoms with van der Waals surface area (Å²) in [5.74, 6) is 0.570. The Bertz CT molecular complexity index is 457. The summed E-state index contributed by atoms with van der Waals surface area (Å²) >= 11 is 0. The van der Waals surface area contributed by atoms with E-state index in [0.717, 1.165) is 38.8 Å². The lowest BCUT2D eigenvalue weighted by molar-refractivity contribution is -0.134. The van der Waals surface area contributed by atoms with Gasteiger partial charge >= 0.3 is 6.09 Å². The molecule has 2 rings (SSSR count). The second kappa shape index (κ2) is 7.72. The first-order chi connectivity index (χ1) is 11.2. The zero-order valence-electron chi connectivity index (χ0n) is 15.6. The first-order valence-corrected chi connectivity index (χ1v) is 9.21. The van der Waals surface area contributed by atoms with Crippen molar-refractivity contribution in [1.82, 2.24) is 15.5 Å². The van der Waals surface area contributed by atoms with Gasteiger partial charge in [-0.15, -0.1) is 0 Å². The molecular formula is C18H33N3O3. The first kappa shape index (κ1) is 19.0. The fourth-order valence-corrected chi connectivity index (χ4v) is 3.47. The zero-order valence-corrected chi connectivity index (χ0v) is 15.6. The Kier molecular flexibility index (Phi) is 6.12. The molecule has 1 heterocycles. The second-order valence-corrected chi connectivity index (χ2v) is 8.25. The van der Waals surface area contributed by atoms with Crippen LogP contribution in [0.5, 0.6) is 0 Å². The van der Waals surface area contributed by atoms with Crippen LogP contribution in [0.25, 0.3) is 0 Å². The lowest BCUT2D eigenvalue weighted by atomic mass is 9.73. The molecule has 2 fully saturated rings. The van der Waals surface area contributed by atoms with Crippen LogP contribution in [0, 0.1) is 5.92 Å². The molecule has 1 aliphatic heterocycles. The highest BCUT2D eigenvalue weighted by Crippen LogP contribution is 2.33. The molecule has 2 aliphatic rings. The molecule has 0 unspecified atom stereocenters. The van der Waals surface area contributed by atoms with Crippen LogP contribution < -0.4 is 10.6 Å². The summed E-state index contributed by atoms with van der Waals surface area (Å²) in [5.41, 5.74) is -0.730. The van der Waals surface area contributed by atoms with Gasteiger partial charge in [-0.3, -0.25) is 4.79 Å². The molecule has 0 bridgehead atoms. The molecule has 2 N–H and O–H groups in total. The summed E-state index contributed by atoms with van der Waals surface area (Å²) in [6.45, 7) is 10.4. The van der Waals surface area contributed by atoms with Crippen molar-refractivity contribution in [3.05, 3.63) is 0 Å². The molecule has 0 aromatic carbocycles. The maximum absolute atomic E-state index is 12.2. The Balaban J connectivity index is 1.92. The van der Waals surface area contributed by atoms with Crippen molar-refractivity contribution in [2.75, 3.05) is 26.2 Å². The fourth-order valence-electron chi connectivity index (χ4n) is 3.47. The third-order valence-corrected chi connectivity index (χ3v) is 5.20. The van der Waals surface area contributed by atoms with Crippen LogP contribution in [-0.4, -0.2) is 54.2 Å². The Morgan fingerprint density at radius 3 is 2.46 bits per heavy atom. The van der Waals surface area contributed by atoms with Gasteiger partial charge in [0.1, 0.15) is 5.60 Å². The lowest BCUT2D eigenvalue weighted by Gasteiger charge is -2.44. The van der Waals surface area contributed by atoms with Crippen LogP contribution in [0.3, 0.4) is 0 Å². The van der Waals surface area contributed by atoms with Gasteiger partial charge in [0, 0.05) is 25.2 Å². The molecule has 1 saturated carbocycles. The van der Waals surface area contributed by atoms with E-state index in [1.165, 1.54) is 6.42 Å². The summed E-state index contributed by atoms with van der Waals surface area (Å²) in [7, 11) is 0. The van der Waals surface area contributed by atoms with Gasteiger partial charge in [0.05, 0.1) is 6.54 Å². The van der Waals surface area contributed by atoms with E-state index in [-0.39, 0.29) is 11.4 Å². The van der Waals surface area contributed by atoms with E-state index in [0.29, 0.717) is 19.0 Å². The molecule has 2 amide bonds. The Morgan fingerprint density at radius 1 is 1.21 bits per heavy atom. The largest absolute Gasteiger partial charge is 0.444 e. The van der Waals surface area contributed by atoms with Gasteiger partial charge in [-0.25, -0.2) is 4.79 Å². The van der Waals surface area contributed by atoms with E-state index in [9.17, 15) is 9.59 Å². The number of likely N-dealkylation sites (tertiary alicyclic amines) is 1. The van der Waals surface area contributed by atoms with Crippen molar-refractivity contribution in [1.29, 1.82) is 0 Å². The minimum absolute atomic E-state index is 0.163. The maximum Gasteiger partial charge on any atom is 0.407 e. The van der Waals surface area contributed by atoms with Crippen molar-refractivity contribution in [2.24, 2.45) is 5.92 Å². The van der Waals surface area contributed by atoms with E-state index in [1.807, 2.05) is 25.7 Å². The van der Waals surface area contributed by atoms with Crippen molar-refractivity contribution >= 4 is 12.0 Å². The second-order valence-electron chi connectivity index (χ2n) is 8.25. The van der Waals surface area contributed by atoms with Crippen LogP contribution in [0.15, 0.2) is 0 Å². The Hall–Kier alpha value is -1.30. The molecule has 138 valence electrons. The normalized spacial score (nSPS) is 27.3. The number of nitrogens with one attached hydrogen (secondary N) is 2. The van der Waals surface area contributed by atoms with Gasteiger partial charge < -0.3 is 20.3 Å². The molecule has 24 heavy (non-hydrogen) atoms. The third-order valence-electron chi connectivity index (χ3n) is 5.20. The number of amides is 2. The van der Waals surface area contributed by atoms with E-state index in [1.54, 1.807) is 0 Å². The molecular weight excluding hydrogens is 306 g/mol. The summed E-state index contributed by atoms with van der Waals surface area (Å²) in [4.78, 5) is 26.1. The Labute approximate surface area is 145 Å². The van der Waals surface area contributed by atoms with Crippen molar-refractivity contribution in [3.8, 4) is 0 Å². The van der Waals surface area contributed by atoms with E-state index < -0.39 is 11.7 Å². The lowest BCUT2D eigenvalue weighted by Crippen LogP contribution is -2.61. The highest BCUT2D eigenvalue weighted by atomic mass is 16.6. The summed E-state index contributed by atoms with van der Waals surface area (Å²) in [6.07, 6.45) is 5.11. The number of alkyl carbamates (subject to hydrolysis) is 1. The molecule has 0 radical (unpaired) electrons. The predicted octanol–water partition coefficient (Wildman–Crippen LogP) is 2.28. The number of hydrogen-bond acceptors (Lipinski definition) is 4. The summed E-state index contributed by atoms with van der Waals surface area (Å²) in [5, 5.41) is 6.40. The Morgan fingerprint density at radius 2 is 1.92 bits per heavy atom. The van der Waals surface area contributed by atoms with Gasteiger partial charge in [0.2, 0.25) is 5.91 Å². The van der Waals surface area contributed by atoms with Crippen LogP contribution in [0.1, 0.15) is 59.8 Å². The van der Waals surface area contributed by atoms with E-state index in [4.69, 9.17) is 4.74 Å². The molecule has 2 atom stereocenters. The van der Waals surface area contributed by atoms with E-state index >= 15 is 0 Å². The number of ether oxygens (including phenoxy) is 1. The maximum atomic E-state index is 12.2. The molecule has 6 heteroatoms. The first-order valence-electron chi connectivity index (χ1n) is 9.21. The highest BCUT2D eigenvalue weighted by Gasteiger charge is 2.39. The topological polar surface area (TPSA) is 70.7 Å². The average molecular weight is 339 g/mol. The smallest absolute Gasteiger partial charge is 0.407 e. The minimum Gasteiger partial charge on any atom is -0.444 e. The highest BCUT2D eigenvalue weighted by molar-refractivity contribution is 5.79. The number of carbonyl (C=O) groups excluding carboxylic acids is 2. The molecule has 0 aromatic heterocycles. The van der Waals surface area contributed by atoms with Gasteiger partial charge in [-0.05, 0) is 46.0 Å². The summed E-state index contributed by atoms with van der Waals surface area (Å²) in [6, 6.07) is 0. The minimum atomic E-state index is -0.504. The van der Waals surface area contributed by atoms with Crippen LogP contribution in [0.2, 0.25) is 0 Å². The quantitative estimate of drug-likeness (QED) is 0.806. The number of nitrogens with zero attached hydrogens (tertiary/aromatic N) is 1. The molecule has 0 spiro atoms. The molecule has 6 nitrogen and oxygen atoms in total. The van der Waals surface area contributed by atoms with Gasteiger partial charge in [0.25, 0.3) is 0 Å². The number of carbonyl (C=O) groups is 2. The van der Waals surface area contributed by atoms with Gasteiger partial charge in [-0.2, -0.15) is 0 Å². The van der Waals surface area contributed by atoms with Gasteiger partial charge in [0.15, 0.2) is 0 Å². The molecule has 0 aromatic rings.